The van der Waals surface area contributed by atoms with E-state index in [1.54, 1.807) is 18.2 Å². The van der Waals surface area contributed by atoms with Gasteiger partial charge in [0.1, 0.15) is 16.2 Å². The number of nitrogens with one attached hydrogen (secondary N) is 3. The lowest BCUT2D eigenvalue weighted by molar-refractivity contribution is 0.0992. The number of ether oxygens (including phenoxy) is 1. The van der Waals surface area contributed by atoms with Gasteiger partial charge >= 0.3 is 6.03 Å². The zero-order chi connectivity index (χ0) is 21.4. The Kier molecular flexibility index (Phi) is 8.15. The number of amides is 3. The van der Waals surface area contributed by atoms with Gasteiger partial charge in [0.2, 0.25) is 5.88 Å². The summed E-state index contributed by atoms with van der Waals surface area (Å²) >= 11 is 0.878. The molecule has 3 unspecified atom stereocenters. The zero-order valence-electron chi connectivity index (χ0n) is 16.8. The highest BCUT2D eigenvalue weighted by molar-refractivity contribution is 7.11. The molecular formula is C19H28FN5O3S. The van der Waals surface area contributed by atoms with Crippen LogP contribution in [0.1, 0.15) is 37.6 Å². The molecule has 8 nitrogen and oxygen atoms in total. The summed E-state index contributed by atoms with van der Waals surface area (Å²) in [5, 5.41) is 8.69. The summed E-state index contributed by atoms with van der Waals surface area (Å²) in [6.07, 6.45) is 7.50. The average Bonchev–Trinajstić information content (AvgIpc) is 3.06. The second-order valence-corrected chi connectivity index (χ2v) is 7.79. The molecule has 1 aliphatic carbocycles. The molecule has 0 spiro atoms. The normalized spacial score (nSPS) is 21.6. The standard InChI is InChI=1S/C19H28FN5O3S/c1-4-12(2)22-9-10-23-18(27)24-17-14(15(21)26)16(25-29-17)28-11-13-7-5-6-8-19(13,3)20/h5-8,12-13,22H,4,9-11H2,1-3H3,(H2,21,26)(H2,23,24,27). The van der Waals surface area contributed by atoms with E-state index in [0.717, 1.165) is 18.0 Å². The highest BCUT2D eigenvalue weighted by atomic mass is 32.1. The molecule has 0 saturated heterocycles. The van der Waals surface area contributed by atoms with Gasteiger partial charge in [0, 0.05) is 25.0 Å². The van der Waals surface area contributed by atoms with Crippen LogP contribution in [-0.4, -0.2) is 47.7 Å². The van der Waals surface area contributed by atoms with Crippen LogP contribution >= 0.6 is 11.5 Å². The van der Waals surface area contributed by atoms with Gasteiger partial charge < -0.3 is 21.1 Å². The zero-order valence-corrected chi connectivity index (χ0v) is 17.6. The minimum absolute atomic E-state index is 0.0185. The third-order valence-corrected chi connectivity index (χ3v) is 5.40. The monoisotopic (exact) mass is 425 g/mol. The summed E-state index contributed by atoms with van der Waals surface area (Å²) in [7, 11) is 0. The Morgan fingerprint density at radius 3 is 2.83 bits per heavy atom. The lowest BCUT2D eigenvalue weighted by Crippen LogP contribution is -2.37. The highest BCUT2D eigenvalue weighted by Gasteiger charge is 2.32. The molecular weight excluding hydrogens is 397 g/mol. The second kappa shape index (κ2) is 10.4. The van der Waals surface area contributed by atoms with Crippen molar-refractivity contribution in [1.29, 1.82) is 0 Å². The Morgan fingerprint density at radius 1 is 1.41 bits per heavy atom. The van der Waals surface area contributed by atoms with E-state index in [4.69, 9.17) is 10.5 Å². The van der Waals surface area contributed by atoms with Gasteiger partial charge in [0.05, 0.1) is 6.61 Å². The molecule has 3 atom stereocenters. The number of carbonyl (C=O) groups excluding carboxylic acids is 2. The van der Waals surface area contributed by atoms with Gasteiger partial charge in [-0.15, -0.1) is 0 Å². The van der Waals surface area contributed by atoms with Gasteiger partial charge in [-0.3, -0.25) is 10.1 Å². The van der Waals surface area contributed by atoms with Gasteiger partial charge in [-0.05, 0) is 37.9 Å². The third-order valence-electron chi connectivity index (χ3n) is 4.65. The summed E-state index contributed by atoms with van der Waals surface area (Å²) in [5.74, 6) is -1.34. The van der Waals surface area contributed by atoms with Crippen LogP contribution in [0.3, 0.4) is 0 Å². The number of aromatic nitrogens is 1. The highest BCUT2D eigenvalue weighted by Crippen LogP contribution is 2.33. The smallest absolute Gasteiger partial charge is 0.319 e. The van der Waals surface area contributed by atoms with Crippen molar-refractivity contribution in [3.05, 3.63) is 29.9 Å². The van der Waals surface area contributed by atoms with Gasteiger partial charge in [-0.25, -0.2) is 9.18 Å². The molecule has 0 fully saturated rings. The Labute approximate surface area is 173 Å². The van der Waals surface area contributed by atoms with Crippen LogP contribution in [0.4, 0.5) is 14.2 Å². The lowest BCUT2D eigenvalue weighted by atomic mass is 9.88. The largest absolute Gasteiger partial charge is 0.476 e. The van der Waals surface area contributed by atoms with Crippen LogP contribution < -0.4 is 26.4 Å². The Morgan fingerprint density at radius 2 is 2.17 bits per heavy atom. The van der Waals surface area contributed by atoms with E-state index < -0.39 is 23.5 Å². The summed E-state index contributed by atoms with van der Waals surface area (Å²) in [5.41, 5.74) is 3.84. The molecule has 0 aliphatic heterocycles. The van der Waals surface area contributed by atoms with Gasteiger partial charge in [0.15, 0.2) is 0 Å². The molecule has 3 amide bonds. The van der Waals surface area contributed by atoms with E-state index in [0.29, 0.717) is 19.1 Å². The Hall–Kier alpha value is -2.46. The maximum absolute atomic E-state index is 14.5. The number of nitrogens with two attached hydrogens (primary N) is 1. The number of alkyl halides is 1. The van der Waals surface area contributed by atoms with Crippen molar-refractivity contribution in [2.24, 2.45) is 11.7 Å². The SMILES string of the molecule is CCC(C)NCCNC(=O)Nc1snc(OCC2C=CC=CC2(C)F)c1C(N)=O. The fourth-order valence-electron chi connectivity index (χ4n) is 2.60. The van der Waals surface area contributed by atoms with Crippen molar-refractivity contribution in [2.75, 3.05) is 25.0 Å². The molecule has 2 rings (SSSR count). The minimum atomic E-state index is -1.57. The van der Waals surface area contributed by atoms with Gasteiger partial charge in [-0.1, -0.05) is 25.2 Å². The van der Waals surface area contributed by atoms with Crippen LogP contribution in [0.25, 0.3) is 0 Å². The number of primary amides is 1. The second-order valence-electron chi connectivity index (χ2n) is 7.01. The summed E-state index contributed by atoms with van der Waals surface area (Å²) in [6.45, 7) is 6.59. The maximum atomic E-state index is 14.5. The lowest BCUT2D eigenvalue weighted by Gasteiger charge is -2.26. The quantitative estimate of drug-likeness (QED) is 0.430. The van der Waals surface area contributed by atoms with Crippen LogP contribution in [0.15, 0.2) is 24.3 Å². The number of anilines is 1. The first-order valence-corrected chi connectivity index (χ1v) is 10.3. The molecule has 0 radical (unpaired) electrons. The van der Waals surface area contributed by atoms with Crippen LogP contribution in [0.5, 0.6) is 5.88 Å². The van der Waals surface area contributed by atoms with Crippen molar-refractivity contribution < 1.29 is 18.7 Å². The first-order valence-electron chi connectivity index (χ1n) is 9.50. The van der Waals surface area contributed by atoms with Crippen molar-refractivity contribution in [2.45, 2.75) is 38.9 Å². The first kappa shape index (κ1) is 22.8. The molecule has 5 N–H and O–H groups in total. The van der Waals surface area contributed by atoms with Gasteiger partial charge in [0.25, 0.3) is 5.91 Å². The number of halogens is 1. The fraction of sp³-hybridized carbons (Fsp3) is 0.526. The number of rotatable bonds is 10. The molecule has 1 aromatic heterocycles. The molecule has 1 aromatic rings. The predicted octanol–water partition coefficient (Wildman–Crippen LogP) is 2.60. The topological polar surface area (TPSA) is 118 Å². The van der Waals surface area contributed by atoms with Crippen molar-refractivity contribution in [1.82, 2.24) is 15.0 Å². The molecule has 1 aliphatic rings. The number of carbonyl (C=O) groups is 2. The fourth-order valence-corrected chi connectivity index (χ4v) is 3.34. The van der Waals surface area contributed by atoms with Crippen LogP contribution in [0.2, 0.25) is 0 Å². The summed E-state index contributed by atoms with van der Waals surface area (Å²) < 4.78 is 24.1. The van der Waals surface area contributed by atoms with E-state index in [1.807, 2.05) is 0 Å². The van der Waals surface area contributed by atoms with Gasteiger partial charge in [-0.2, -0.15) is 4.37 Å². The van der Waals surface area contributed by atoms with Crippen molar-refractivity contribution in [3.63, 3.8) is 0 Å². The molecule has 0 saturated carbocycles. The number of allylic oxidation sites excluding steroid dienone is 3. The third kappa shape index (κ3) is 6.53. The Bertz CT molecular complexity index is 778. The Balaban J connectivity index is 1.94. The number of hydrogen-bond acceptors (Lipinski definition) is 6. The molecule has 10 heteroatoms. The van der Waals surface area contributed by atoms with E-state index >= 15 is 0 Å². The van der Waals surface area contributed by atoms with E-state index in [1.165, 1.54) is 13.0 Å². The molecule has 0 bridgehead atoms. The molecule has 0 aromatic carbocycles. The summed E-state index contributed by atoms with van der Waals surface area (Å²) in [6, 6.07) is -0.117. The van der Waals surface area contributed by atoms with E-state index in [2.05, 4.69) is 34.2 Å². The van der Waals surface area contributed by atoms with Crippen LogP contribution in [-0.2, 0) is 0 Å². The average molecular weight is 426 g/mol. The van der Waals surface area contributed by atoms with Crippen molar-refractivity contribution in [3.8, 4) is 5.88 Å². The molecule has 1 heterocycles. The number of nitrogens with zero attached hydrogens (tertiary/aromatic N) is 1. The minimum Gasteiger partial charge on any atom is -0.476 e. The predicted molar refractivity (Wildman–Crippen MR) is 112 cm³/mol. The number of urea groups is 1. The van der Waals surface area contributed by atoms with E-state index in [-0.39, 0.29) is 23.1 Å². The van der Waals surface area contributed by atoms with Crippen molar-refractivity contribution >= 4 is 28.5 Å². The maximum Gasteiger partial charge on any atom is 0.319 e. The van der Waals surface area contributed by atoms with Crippen LogP contribution in [0, 0.1) is 5.92 Å². The summed E-state index contributed by atoms with van der Waals surface area (Å²) in [4.78, 5) is 23.9. The first-order chi connectivity index (χ1) is 13.7. The van der Waals surface area contributed by atoms with E-state index in [9.17, 15) is 14.0 Å². The molecule has 29 heavy (non-hydrogen) atoms. The molecule has 160 valence electrons. The number of hydrogen-bond donors (Lipinski definition) is 4.